The molecule has 1 N–H and O–H groups in total. The number of benzene rings is 2. The van der Waals surface area contributed by atoms with Gasteiger partial charge in [-0.25, -0.2) is 0 Å². The minimum absolute atomic E-state index is 0.692. The van der Waals surface area contributed by atoms with Crippen LogP contribution in [0.3, 0.4) is 0 Å². The van der Waals surface area contributed by atoms with Crippen molar-refractivity contribution in [3.63, 3.8) is 0 Å². The van der Waals surface area contributed by atoms with Gasteiger partial charge in [0, 0.05) is 17.9 Å². The van der Waals surface area contributed by atoms with Crippen molar-refractivity contribution in [1.29, 1.82) is 0 Å². The van der Waals surface area contributed by atoms with Gasteiger partial charge in [-0.15, -0.1) is 0 Å². The molecule has 0 heterocycles. The van der Waals surface area contributed by atoms with Gasteiger partial charge < -0.3 is 15.0 Å². The SMILES string of the molecule is CCN(C(=S)Nc1ccc(OC)cc1)c1ccccc1C. The van der Waals surface area contributed by atoms with Crippen molar-refractivity contribution in [3.05, 3.63) is 54.1 Å². The predicted molar refractivity (Wildman–Crippen MR) is 93.4 cm³/mol. The lowest BCUT2D eigenvalue weighted by Crippen LogP contribution is -2.35. The predicted octanol–water partition coefficient (Wildman–Crippen LogP) is 4.23. The normalized spacial score (nSPS) is 10.0. The van der Waals surface area contributed by atoms with Crippen LogP contribution in [0.4, 0.5) is 11.4 Å². The molecule has 0 saturated carbocycles. The van der Waals surface area contributed by atoms with Crippen molar-refractivity contribution in [3.8, 4) is 5.75 Å². The Kier molecular flexibility index (Phi) is 5.17. The van der Waals surface area contributed by atoms with E-state index in [2.05, 4.69) is 36.2 Å². The third kappa shape index (κ3) is 3.73. The van der Waals surface area contributed by atoms with Crippen LogP contribution in [-0.4, -0.2) is 18.8 Å². The van der Waals surface area contributed by atoms with Crippen LogP contribution in [0.1, 0.15) is 12.5 Å². The first-order valence-electron chi connectivity index (χ1n) is 6.94. The highest BCUT2D eigenvalue weighted by Gasteiger charge is 2.12. The first-order chi connectivity index (χ1) is 10.2. The Morgan fingerprint density at radius 3 is 2.38 bits per heavy atom. The Bertz CT molecular complexity index is 610. The molecular formula is C17H20N2OS. The van der Waals surface area contributed by atoms with Crippen LogP contribution in [0.15, 0.2) is 48.5 Å². The Balaban J connectivity index is 2.15. The molecular weight excluding hydrogens is 280 g/mol. The van der Waals surface area contributed by atoms with Crippen molar-refractivity contribution in [1.82, 2.24) is 0 Å². The van der Waals surface area contributed by atoms with Crippen molar-refractivity contribution < 1.29 is 4.74 Å². The molecule has 0 amide bonds. The number of thiocarbonyl (C=S) groups is 1. The standard InChI is InChI=1S/C17H20N2OS/c1-4-19(16-8-6-5-7-13(16)2)17(21)18-14-9-11-15(20-3)12-10-14/h5-12H,4H2,1-3H3,(H,18,21). The van der Waals surface area contributed by atoms with E-state index in [0.29, 0.717) is 5.11 Å². The van der Waals surface area contributed by atoms with E-state index in [-0.39, 0.29) is 0 Å². The number of hydrogen-bond donors (Lipinski definition) is 1. The first kappa shape index (κ1) is 15.3. The highest BCUT2D eigenvalue weighted by Crippen LogP contribution is 2.21. The molecule has 0 fully saturated rings. The number of aryl methyl sites for hydroxylation is 1. The van der Waals surface area contributed by atoms with E-state index in [4.69, 9.17) is 17.0 Å². The van der Waals surface area contributed by atoms with Crippen LogP contribution < -0.4 is 15.0 Å². The van der Waals surface area contributed by atoms with Crippen LogP contribution >= 0.6 is 12.2 Å². The summed E-state index contributed by atoms with van der Waals surface area (Å²) in [6.07, 6.45) is 0. The lowest BCUT2D eigenvalue weighted by Gasteiger charge is -2.26. The number of para-hydroxylation sites is 1. The number of anilines is 2. The average molecular weight is 300 g/mol. The second-order valence-electron chi connectivity index (χ2n) is 4.69. The Hall–Kier alpha value is -2.07. The van der Waals surface area contributed by atoms with Gasteiger partial charge in [0.05, 0.1) is 7.11 Å². The smallest absolute Gasteiger partial charge is 0.177 e. The molecule has 0 aliphatic heterocycles. The highest BCUT2D eigenvalue weighted by molar-refractivity contribution is 7.80. The summed E-state index contributed by atoms with van der Waals surface area (Å²) < 4.78 is 5.16. The minimum Gasteiger partial charge on any atom is -0.497 e. The van der Waals surface area contributed by atoms with Gasteiger partial charge in [0.25, 0.3) is 0 Å². The minimum atomic E-state index is 0.692. The topological polar surface area (TPSA) is 24.5 Å². The van der Waals surface area contributed by atoms with E-state index in [1.54, 1.807) is 7.11 Å². The van der Waals surface area contributed by atoms with E-state index in [1.165, 1.54) is 5.56 Å². The summed E-state index contributed by atoms with van der Waals surface area (Å²) in [6.45, 7) is 5.00. The summed E-state index contributed by atoms with van der Waals surface area (Å²) in [5.41, 5.74) is 3.29. The highest BCUT2D eigenvalue weighted by atomic mass is 32.1. The maximum absolute atomic E-state index is 5.54. The van der Waals surface area contributed by atoms with Crippen LogP contribution in [0.5, 0.6) is 5.75 Å². The van der Waals surface area contributed by atoms with Crippen LogP contribution in [-0.2, 0) is 0 Å². The second kappa shape index (κ2) is 7.09. The summed E-state index contributed by atoms with van der Waals surface area (Å²) in [5.74, 6) is 0.831. The summed E-state index contributed by atoms with van der Waals surface area (Å²) >= 11 is 5.54. The van der Waals surface area contributed by atoms with Crippen molar-refractivity contribution in [2.45, 2.75) is 13.8 Å². The van der Waals surface area contributed by atoms with E-state index < -0.39 is 0 Å². The molecule has 0 aliphatic rings. The summed E-state index contributed by atoms with van der Waals surface area (Å²) in [7, 11) is 1.66. The molecule has 0 atom stereocenters. The van der Waals surface area contributed by atoms with E-state index >= 15 is 0 Å². The number of hydrogen-bond acceptors (Lipinski definition) is 2. The Morgan fingerprint density at radius 1 is 1.14 bits per heavy atom. The number of nitrogens with zero attached hydrogens (tertiary/aromatic N) is 1. The van der Waals surface area contributed by atoms with Gasteiger partial charge in [0.1, 0.15) is 5.75 Å². The summed E-state index contributed by atoms with van der Waals surface area (Å²) in [5, 5.41) is 3.96. The molecule has 2 aromatic rings. The molecule has 3 nitrogen and oxygen atoms in total. The molecule has 0 aromatic heterocycles. The number of nitrogens with one attached hydrogen (secondary N) is 1. The molecule has 0 radical (unpaired) electrons. The van der Waals surface area contributed by atoms with Crippen LogP contribution in [0, 0.1) is 6.92 Å². The molecule has 4 heteroatoms. The fourth-order valence-corrected chi connectivity index (χ4v) is 2.50. The number of rotatable bonds is 4. The molecule has 0 bridgehead atoms. The fraction of sp³-hybridized carbons (Fsp3) is 0.235. The molecule has 21 heavy (non-hydrogen) atoms. The molecule has 0 saturated heterocycles. The summed E-state index contributed by atoms with van der Waals surface area (Å²) in [4.78, 5) is 2.09. The Morgan fingerprint density at radius 2 is 1.81 bits per heavy atom. The monoisotopic (exact) mass is 300 g/mol. The van der Waals surface area contributed by atoms with Gasteiger partial charge in [-0.3, -0.25) is 0 Å². The maximum Gasteiger partial charge on any atom is 0.177 e. The van der Waals surface area contributed by atoms with E-state index in [0.717, 1.165) is 23.7 Å². The lowest BCUT2D eigenvalue weighted by molar-refractivity contribution is 0.415. The van der Waals surface area contributed by atoms with E-state index in [1.807, 2.05) is 36.4 Å². The van der Waals surface area contributed by atoms with Gasteiger partial charge in [0.2, 0.25) is 0 Å². The molecule has 110 valence electrons. The lowest BCUT2D eigenvalue weighted by atomic mass is 10.2. The van der Waals surface area contributed by atoms with Crippen molar-refractivity contribution in [2.75, 3.05) is 23.9 Å². The van der Waals surface area contributed by atoms with Crippen LogP contribution in [0.25, 0.3) is 0 Å². The molecule has 0 unspecified atom stereocenters. The number of ether oxygens (including phenoxy) is 1. The van der Waals surface area contributed by atoms with Gasteiger partial charge in [-0.2, -0.15) is 0 Å². The quantitative estimate of drug-likeness (QED) is 0.854. The summed E-state index contributed by atoms with van der Waals surface area (Å²) in [6, 6.07) is 16.0. The van der Waals surface area contributed by atoms with Gasteiger partial charge in [-0.05, 0) is 62.0 Å². The maximum atomic E-state index is 5.54. The second-order valence-corrected chi connectivity index (χ2v) is 5.08. The zero-order valence-corrected chi connectivity index (χ0v) is 13.4. The zero-order chi connectivity index (χ0) is 15.2. The fourth-order valence-electron chi connectivity index (χ4n) is 2.15. The first-order valence-corrected chi connectivity index (χ1v) is 7.34. The van der Waals surface area contributed by atoms with Gasteiger partial charge >= 0.3 is 0 Å². The van der Waals surface area contributed by atoms with Gasteiger partial charge in [0.15, 0.2) is 5.11 Å². The average Bonchev–Trinajstić information content (AvgIpc) is 2.50. The zero-order valence-electron chi connectivity index (χ0n) is 12.6. The number of methoxy groups -OCH3 is 1. The van der Waals surface area contributed by atoms with Gasteiger partial charge in [-0.1, -0.05) is 18.2 Å². The van der Waals surface area contributed by atoms with Crippen molar-refractivity contribution >= 4 is 28.7 Å². The third-order valence-corrected chi connectivity index (χ3v) is 3.63. The molecule has 2 rings (SSSR count). The van der Waals surface area contributed by atoms with E-state index in [9.17, 15) is 0 Å². The Labute approximate surface area is 131 Å². The molecule has 0 spiro atoms. The largest absolute Gasteiger partial charge is 0.497 e. The van der Waals surface area contributed by atoms with Crippen molar-refractivity contribution in [2.24, 2.45) is 0 Å². The van der Waals surface area contributed by atoms with Crippen LogP contribution in [0.2, 0.25) is 0 Å². The molecule has 0 aliphatic carbocycles. The molecule has 2 aromatic carbocycles. The third-order valence-electron chi connectivity index (χ3n) is 3.31.